The number of nitriles is 1. The highest BCUT2D eigenvalue weighted by Crippen LogP contribution is 2.48. The number of nitrogens with zero attached hydrogens (tertiary/aromatic N) is 5. The van der Waals surface area contributed by atoms with Crippen molar-refractivity contribution >= 4 is 34.8 Å². The van der Waals surface area contributed by atoms with Crippen molar-refractivity contribution in [2.24, 2.45) is 0 Å². The van der Waals surface area contributed by atoms with E-state index in [1.165, 1.54) is 11.0 Å². The zero-order valence-electron chi connectivity index (χ0n) is 30.2. The summed E-state index contributed by atoms with van der Waals surface area (Å²) >= 11 is 0. The number of halogens is 1. The average molecular weight is 717 g/mol. The molecule has 11 nitrogen and oxygen atoms in total. The van der Waals surface area contributed by atoms with E-state index in [1.807, 2.05) is 25.7 Å². The molecule has 0 spiro atoms. The van der Waals surface area contributed by atoms with Gasteiger partial charge in [0.1, 0.15) is 17.6 Å². The molecule has 3 aliphatic heterocycles. The van der Waals surface area contributed by atoms with Gasteiger partial charge >= 0.3 is 0 Å². The fourth-order valence-electron chi connectivity index (χ4n) is 8.01. The van der Waals surface area contributed by atoms with Crippen molar-refractivity contribution in [1.29, 1.82) is 5.26 Å². The maximum absolute atomic E-state index is 15.5. The molecule has 4 aromatic rings. The van der Waals surface area contributed by atoms with Gasteiger partial charge in [0, 0.05) is 55.1 Å². The van der Waals surface area contributed by atoms with Crippen LogP contribution in [0.25, 0.3) is 11.1 Å². The maximum atomic E-state index is 15.5. The molecule has 1 aromatic heterocycles. The highest BCUT2D eigenvalue weighted by molar-refractivity contribution is 6.05. The van der Waals surface area contributed by atoms with E-state index in [-0.39, 0.29) is 48.5 Å². The second kappa shape index (κ2) is 13.1. The van der Waals surface area contributed by atoms with Gasteiger partial charge in [0.25, 0.3) is 5.91 Å². The number of carbonyl (C=O) groups excluding carboxylic acids is 3. The number of hydrogen-bond donors (Lipinski definition) is 1. The molecule has 8 rings (SSSR count). The lowest BCUT2D eigenvalue weighted by Crippen LogP contribution is -2.54. The topological polar surface area (TPSA) is 132 Å². The summed E-state index contributed by atoms with van der Waals surface area (Å²) in [4.78, 5) is 42.8. The van der Waals surface area contributed by atoms with Gasteiger partial charge in [-0.1, -0.05) is 29.4 Å². The molecule has 0 radical (unpaired) electrons. The van der Waals surface area contributed by atoms with E-state index in [0.717, 1.165) is 57.9 Å². The van der Waals surface area contributed by atoms with Crippen molar-refractivity contribution in [2.45, 2.75) is 83.6 Å². The van der Waals surface area contributed by atoms with Crippen LogP contribution in [0.15, 0.2) is 59.1 Å². The summed E-state index contributed by atoms with van der Waals surface area (Å²) < 4.78 is 27.5. The molecule has 3 amide bonds. The van der Waals surface area contributed by atoms with Crippen molar-refractivity contribution in [3.63, 3.8) is 0 Å². The number of nitrogens with one attached hydrogen (secondary N) is 1. The Morgan fingerprint density at radius 2 is 1.85 bits per heavy atom. The Labute approximate surface area is 307 Å². The lowest BCUT2D eigenvalue weighted by atomic mass is 9.97. The monoisotopic (exact) mass is 716 g/mol. The van der Waals surface area contributed by atoms with Crippen LogP contribution in [-0.2, 0) is 26.3 Å². The molecule has 1 aliphatic carbocycles. The molecule has 3 aromatic carbocycles. The standard InChI is InChI=1S/C41H41FN6O5/c1-23-5-6-27(38-25(3)45-53-26(38)4)15-35(23)47(30-9-7-29(8-10-30)41(22-43)13-14-41)18-24(2)52-31-20-46(21-31)36-16-28-19-48(40(51)32(28)17-33(36)42)34-11-12-37(49)44-39(34)50/h5-10,15-17,24,31,34H,11-14,18-21H2,1-4H3,(H,44,49,50). The van der Waals surface area contributed by atoms with Crippen LogP contribution in [-0.4, -0.2) is 65.7 Å². The zero-order chi connectivity index (χ0) is 37.2. The third-order valence-corrected chi connectivity index (χ3v) is 11.2. The molecule has 12 heteroatoms. The number of aromatic nitrogens is 1. The van der Waals surface area contributed by atoms with Crippen LogP contribution in [0.3, 0.4) is 0 Å². The van der Waals surface area contributed by atoms with Crippen LogP contribution in [0.4, 0.5) is 21.5 Å². The molecular weight excluding hydrogens is 675 g/mol. The van der Waals surface area contributed by atoms with Crippen molar-refractivity contribution in [3.8, 4) is 17.2 Å². The molecule has 53 heavy (non-hydrogen) atoms. The molecule has 4 heterocycles. The highest BCUT2D eigenvalue weighted by Gasteiger charge is 2.45. The van der Waals surface area contributed by atoms with Gasteiger partial charge in [-0.25, -0.2) is 4.39 Å². The minimum atomic E-state index is -0.755. The minimum absolute atomic E-state index is 0.136. The molecule has 4 aliphatic rings. The molecule has 2 saturated heterocycles. The average Bonchev–Trinajstić information content (AvgIpc) is 3.77. The van der Waals surface area contributed by atoms with E-state index in [9.17, 15) is 19.6 Å². The Bertz CT molecular complexity index is 2160. The first-order chi connectivity index (χ1) is 25.4. The molecule has 1 saturated carbocycles. The number of amides is 3. The van der Waals surface area contributed by atoms with Crippen molar-refractivity contribution in [3.05, 3.63) is 94.1 Å². The van der Waals surface area contributed by atoms with Gasteiger partial charge in [-0.2, -0.15) is 5.26 Å². The van der Waals surface area contributed by atoms with E-state index in [4.69, 9.17) is 9.26 Å². The van der Waals surface area contributed by atoms with E-state index in [1.54, 1.807) is 6.07 Å². The van der Waals surface area contributed by atoms with Crippen molar-refractivity contribution in [1.82, 2.24) is 15.4 Å². The number of anilines is 3. The minimum Gasteiger partial charge on any atom is -0.370 e. The molecule has 2 atom stereocenters. The number of benzene rings is 3. The van der Waals surface area contributed by atoms with Gasteiger partial charge in [-0.05, 0) is 99.5 Å². The van der Waals surface area contributed by atoms with Gasteiger partial charge in [0.05, 0.1) is 35.1 Å². The largest absolute Gasteiger partial charge is 0.370 e. The lowest BCUT2D eigenvalue weighted by molar-refractivity contribution is -0.136. The normalized spacial score (nSPS) is 19.8. The van der Waals surface area contributed by atoms with Gasteiger partial charge in [-0.15, -0.1) is 0 Å². The lowest BCUT2D eigenvalue weighted by Gasteiger charge is -2.42. The first-order valence-electron chi connectivity index (χ1n) is 18.2. The quantitative estimate of drug-likeness (QED) is 0.192. The van der Waals surface area contributed by atoms with Crippen molar-refractivity contribution < 1.29 is 28.0 Å². The number of hydrogen-bond acceptors (Lipinski definition) is 9. The Balaban J connectivity index is 0.980. The Kier molecular flexibility index (Phi) is 8.57. The molecular formula is C41H41FN6O5. The molecule has 3 fully saturated rings. The summed E-state index contributed by atoms with van der Waals surface area (Å²) in [6.45, 7) is 9.66. The smallest absolute Gasteiger partial charge is 0.255 e. The van der Waals surface area contributed by atoms with Crippen LogP contribution in [0.1, 0.15) is 71.1 Å². The summed E-state index contributed by atoms with van der Waals surface area (Å²) in [5.41, 5.74) is 7.85. The van der Waals surface area contributed by atoms with Crippen LogP contribution < -0.4 is 15.1 Å². The van der Waals surface area contributed by atoms with Gasteiger partial charge in [0.2, 0.25) is 11.8 Å². The third-order valence-electron chi connectivity index (χ3n) is 11.2. The maximum Gasteiger partial charge on any atom is 0.255 e. The third kappa shape index (κ3) is 6.23. The number of rotatable bonds is 10. The van der Waals surface area contributed by atoms with Gasteiger partial charge < -0.3 is 24.0 Å². The number of piperidine rings is 1. The number of imide groups is 1. The fraction of sp³-hybridized carbons (Fsp3) is 0.390. The summed E-state index contributed by atoms with van der Waals surface area (Å²) in [5, 5.41) is 16.3. The van der Waals surface area contributed by atoms with Crippen LogP contribution in [0, 0.1) is 37.9 Å². The molecule has 2 unspecified atom stereocenters. The summed E-state index contributed by atoms with van der Waals surface area (Å²) in [5.74, 6) is -0.994. The Hall–Kier alpha value is -5.54. The molecule has 0 bridgehead atoms. The van der Waals surface area contributed by atoms with Gasteiger partial charge in [-0.3, -0.25) is 19.7 Å². The predicted molar refractivity (Wildman–Crippen MR) is 195 cm³/mol. The van der Waals surface area contributed by atoms with E-state index < -0.39 is 23.7 Å². The summed E-state index contributed by atoms with van der Waals surface area (Å²) in [6.07, 6.45) is 1.82. The predicted octanol–water partition coefficient (Wildman–Crippen LogP) is 6.15. The fourth-order valence-corrected chi connectivity index (χ4v) is 8.01. The molecule has 1 N–H and O–H groups in total. The number of fused-ring (bicyclic) bond motifs is 1. The van der Waals surface area contributed by atoms with E-state index in [2.05, 4.69) is 70.8 Å². The Morgan fingerprint density at radius 3 is 2.51 bits per heavy atom. The van der Waals surface area contributed by atoms with Crippen LogP contribution >= 0.6 is 0 Å². The van der Waals surface area contributed by atoms with Crippen molar-refractivity contribution in [2.75, 3.05) is 29.4 Å². The summed E-state index contributed by atoms with van der Waals surface area (Å²) in [7, 11) is 0. The Morgan fingerprint density at radius 1 is 1.09 bits per heavy atom. The number of aryl methyl sites for hydroxylation is 3. The second-order valence-corrected chi connectivity index (χ2v) is 14.9. The first kappa shape index (κ1) is 34.5. The number of carbonyl (C=O) groups is 3. The number of ether oxygens (including phenoxy) is 1. The van der Waals surface area contributed by atoms with Gasteiger partial charge in [0.15, 0.2) is 0 Å². The van der Waals surface area contributed by atoms with Crippen LogP contribution in [0.2, 0.25) is 0 Å². The zero-order valence-corrected chi connectivity index (χ0v) is 30.2. The van der Waals surface area contributed by atoms with E-state index in [0.29, 0.717) is 30.9 Å². The summed E-state index contributed by atoms with van der Waals surface area (Å²) in [6, 6.07) is 19.3. The second-order valence-electron chi connectivity index (χ2n) is 14.9. The molecule has 272 valence electrons. The SMILES string of the molecule is Cc1ccc(-c2c(C)noc2C)cc1N(CC(C)OC1CN(c2cc3c(cc2F)C(=O)N(C2CCC(=O)NC2=O)C3)C1)c1ccc(C2(C#N)CC2)cc1. The van der Waals surface area contributed by atoms with E-state index >= 15 is 4.39 Å². The first-order valence-corrected chi connectivity index (χ1v) is 18.2. The van der Waals surface area contributed by atoms with Crippen LogP contribution in [0.5, 0.6) is 0 Å². The highest BCUT2D eigenvalue weighted by atomic mass is 19.1.